The van der Waals surface area contributed by atoms with Gasteiger partial charge >= 0.3 is 5.97 Å². The van der Waals surface area contributed by atoms with Crippen LogP contribution in [0.3, 0.4) is 0 Å². The number of aliphatic hydroxyl groups is 1. The van der Waals surface area contributed by atoms with Crippen molar-refractivity contribution in [3.63, 3.8) is 0 Å². The number of aliphatic hydroxyl groups excluding tert-OH is 1. The number of hydrogen-bond donors (Lipinski definition) is 2. The molecule has 5 nitrogen and oxygen atoms in total. The van der Waals surface area contributed by atoms with Gasteiger partial charge in [-0.3, -0.25) is 9.59 Å². The molecule has 21 heavy (non-hydrogen) atoms. The molecule has 0 heterocycles. The van der Waals surface area contributed by atoms with Gasteiger partial charge in [-0.25, -0.2) is 0 Å². The van der Waals surface area contributed by atoms with Gasteiger partial charge in [0.25, 0.3) is 0 Å². The van der Waals surface area contributed by atoms with Crippen molar-refractivity contribution in [3.8, 4) is 0 Å². The van der Waals surface area contributed by atoms with E-state index in [0.717, 1.165) is 51.4 Å². The minimum absolute atomic E-state index is 0.0197. The molecule has 0 unspecified atom stereocenters. The highest BCUT2D eigenvalue weighted by atomic mass is 16.4. The Balaban J connectivity index is 2.03. The number of aliphatic carboxylic acids is 1. The third-order valence-electron chi connectivity index (χ3n) is 5.14. The zero-order valence-corrected chi connectivity index (χ0v) is 12.7. The fraction of sp³-hybridized carbons (Fsp3) is 0.875. The summed E-state index contributed by atoms with van der Waals surface area (Å²) >= 11 is 0. The maximum Gasteiger partial charge on any atom is 0.303 e. The first kappa shape index (κ1) is 16.3. The molecule has 5 heteroatoms. The van der Waals surface area contributed by atoms with Gasteiger partial charge in [0, 0.05) is 19.0 Å². The van der Waals surface area contributed by atoms with E-state index < -0.39 is 5.97 Å². The van der Waals surface area contributed by atoms with Crippen molar-refractivity contribution in [3.05, 3.63) is 0 Å². The van der Waals surface area contributed by atoms with E-state index in [1.165, 1.54) is 0 Å². The smallest absolute Gasteiger partial charge is 0.303 e. The van der Waals surface area contributed by atoms with E-state index in [-0.39, 0.29) is 30.4 Å². The highest BCUT2D eigenvalue weighted by Gasteiger charge is 2.40. The maximum atomic E-state index is 12.7. The van der Waals surface area contributed by atoms with Gasteiger partial charge in [0.2, 0.25) is 5.91 Å². The first-order valence-electron chi connectivity index (χ1n) is 8.18. The summed E-state index contributed by atoms with van der Waals surface area (Å²) in [6, 6.07) is 0.243. The van der Waals surface area contributed by atoms with Crippen LogP contribution in [-0.2, 0) is 9.59 Å². The van der Waals surface area contributed by atoms with Gasteiger partial charge in [-0.15, -0.1) is 0 Å². The third-order valence-corrected chi connectivity index (χ3v) is 5.14. The zero-order valence-electron chi connectivity index (χ0n) is 12.7. The van der Waals surface area contributed by atoms with Crippen molar-refractivity contribution < 1.29 is 19.8 Å². The Morgan fingerprint density at radius 2 is 1.67 bits per heavy atom. The number of carbonyl (C=O) groups excluding carboxylic acids is 1. The second-order valence-electron chi connectivity index (χ2n) is 6.70. The summed E-state index contributed by atoms with van der Waals surface area (Å²) in [7, 11) is 0. The number of nitrogens with zero attached hydrogens (tertiary/aromatic N) is 1. The van der Waals surface area contributed by atoms with E-state index >= 15 is 0 Å². The van der Waals surface area contributed by atoms with Crippen molar-refractivity contribution in [2.45, 2.75) is 70.3 Å². The average Bonchev–Trinajstić information content (AvgIpc) is 3.06. The molecule has 0 spiro atoms. The van der Waals surface area contributed by atoms with Crippen LogP contribution in [-0.4, -0.2) is 46.2 Å². The van der Waals surface area contributed by atoms with Crippen LogP contribution in [0.4, 0.5) is 0 Å². The van der Waals surface area contributed by atoms with E-state index in [1.54, 1.807) is 0 Å². The quantitative estimate of drug-likeness (QED) is 0.755. The van der Waals surface area contributed by atoms with Crippen molar-refractivity contribution in [1.29, 1.82) is 0 Å². The van der Waals surface area contributed by atoms with E-state index in [1.807, 2.05) is 4.90 Å². The van der Waals surface area contributed by atoms with Crippen LogP contribution >= 0.6 is 0 Å². The molecule has 2 rings (SSSR count). The SMILES string of the molecule is O=C(O)CC1(CC(=O)N(CCO)C2CCCC2)CCCC1. The number of carbonyl (C=O) groups is 2. The van der Waals surface area contributed by atoms with Gasteiger partial charge in [0.05, 0.1) is 13.0 Å². The Morgan fingerprint density at radius 1 is 1.05 bits per heavy atom. The molecule has 2 aliphatic rings. The molecule has 0 atom stereocenters. The fourth-order valence-corrected chi connectivity index (χ4v) is 4.12. The Morgan fingerprint density at radius 3 is 2.19 bits per heavy atom. The highest BCUT2D eigenvalue weighted by molar-refractivity contribution is 5.78. The molecule has 0 aliphatic heterocycles. The molecule has 120 valence electrons. The van der Waals surface area contributed by atoms with Crippen LogP contribution < -0.4 is 0 Å². The van der Waals surface area contributed by atoms with Gasteiger partial charge in [-0.2, -0.15) is 0 Å². The van der Waals surface area contributed by atoms with Gasteiger partial charge < -0.3 is 15.1 Å². The summed E-state index contributed by atoms with van der Waals surface area (Å²) < 4.78 is 0. The number of carboxylic acid groups (broad SMARTS) is 1. The van der Waals surface area contributed by atoms with E-state index in [9.17, 15) is 14.7 Å². The van der Waals surface area contributed by atoms with Crippen LogP contribution in [0.2, 0.25) is 0 Å². The topological polar surface area (TPSA) is 77.8 Å². The van der Waals surface area contributed by atoms with Gasteiger partial charge in [0.1, 0.15) is 0 Å². The molecule has 0 aromatic carbocycles. The number of carboxylic acids is 1. The molecule has 0 bridgehead atoms. The number of rotatable bonds is 7. The minimum Gasteiger partial charge on any atom is -0.481 e. The van der Waals surface area contributed by atoms with Crippen LogP contribution in [0, 0.1) is 5.41 Å². The van der Waals surface area contributed by atoms with E-state index in [0.29, 0.717) is 13.0 Å². The third kappa shape index (κ3) is 4.19. The van der Waals surface area contributed by atoms with E-state index in [2.05, 4.69) is 0 Å². The van der Waals surface area contributed by atoms with Crippen LogP contribution in [0.1, 0.15) is 64.2 Å². The van der Waals surface area contributed by atoms with E-state index in [4.69, 9.17) is 5.11 Å². The van der Waals surface area contributed by atoms with Crippen molar-refractivity contribution >= 4 is 11.9 Å². The molecule has 2 N–H and O–H groups in total. The first-order chi connectivity index (χ1) is 10.1. The average molecular weight is 297 g/mol. The molecular formula is C16H27NO4. The predicted molar refractivity (Wildman–Crippen MR) is 78.8 cm³/mol. The zero-order chi connectivity index (χ0) is 15.3. The molecular weight excluding hydrogens is 270 g/mol. The summed E-state index contributed by atoms with van der Waals surface area (Å²) in [6.07, 6.45) is 8.43. The highest BCUT2D eigenvalue weighted by Crippen LogP contribution is 2.44. The Bertz CT molecular complexity index is 370. The molecule has 0 aromatic heterocycles. The Kier molecular flexibility index (Phi) is 5.62. The monoisotopic (exact) mass is 297 g/mol. The van der Waals surface area contributed by atoms with Crippen molar-refractivity contribution in [2.75, 3.05) is 13.2 Å². The van der Waals surface area contributed by atoms with Crippen LogP contribution in [0.25, 0.3) is 0 Å². The second kappa shape index (κ2) is 7.25. The van der Waals surface area contributed by atoms with Gasteiger partial charge in [0.15, 0.2) is 0 Å². The summed E-state index contributed by atoms with van der Waals surface area (Å²) in [4.78, 5) is 25.6. The van der Waals surface area contributed by atoms with Crippen LogP contribution in [0.5, 0.6) is 0 Å². The number of amides is 1. The molecule has 0 saturated heterocycles. The normalized spacial score (nSPS) is 21.6. The Hall–Kier alpha value is -1.10. The van der Waals surface area contributed by atoms with Gasteiger partial charge in [-0.1, -0.05) is 25.7 Å². The fourth-order valence-electron chi connectivity index (χ4n) is 4.12. The first-order valence-corrected chi connectivity index (χ1v) is 8.18. The predicted octanol–water partition coefficient (Wildman–Crippen LogP) is 2.18. The summed E-state index contributed by atoms with van der Waals surface area (Å²) in [6.45, 7) is 0.362. The lowest BCUT2D eigenvalue weighted by molar-refractivity contribution is -0.142. The number of hydrogen-bond acceptors (Lipinski definition) is 3. The van der Waals surface area contributed by atoms with Crippen molar-refractivity contribution in [1.82, 2.24) is 4.90 Å². The molecule has 2 saturated carbocycles. The molecule has 2 fully saturated rings. The second-order valence-corrected chi connectivity index (χ2v) is 6.70. The maximum absolute atomic E-state index is 12.7. The summed E-state index contributed by atoms with van der Waals surface area (Å²) in [5.41, 5.74) is -0.352. The van der Waals surface area contributed by atoms with Gasteiger partial charge in [-0.05, 0) is 31.1 Å². The molecule has 0 aromatic rings. The van der Waals surface area contributed by atoms with Crippen molar-refractivity contribution in [2.24, 2.45) is 5.41 Å². The largest absolute Gasteiger partial charge is 0.481 e. The Labute approximate surface area is 126 Å². The lowest BCUT2D eigenvalue weighted by atomic mass is 9.79. The standard InChI is InChI=1S/C16H27NO4/c18-10-9-17(13-5-1-2-6-13)14(19)11-16(12-15(20)21)7-3-4-8-16/h13,18H,1-12H2,(H,20,21). The summed E-state index contributed by atoms with van der Waals surface area (Å²) in [5, 5.41) is 18.4. The molecule has 0 radical (unpaired) electrons. The van der Waals surface area contributed by atoms with Crippen LogP contribution in [0.15, 0.2) is 0 Å². The molecule has 1 amide bonds. The minimum atomic E-state index is -0.806. The lowest BCUT2D eigenvalue weighted by Gasteiger charge is -2.33. The molecule has 2 aliphatic carbocycles. The summed E-state index contributed by atoms with van der Waals surface area (Å²) in [5.74, 6) is -0.765. The lowest BCUT2D eigenvalue weighted by Crippen LogP contribution is -2.43.